The SMILES string of the molecule is CCN(CC(C)C)C(C)C(=O)OC. The van der Waals surface area contributed by atoms with Gasteiger partial charge in [0, 0.05) is 6.54 Å². The molecule has 0 aromatic rings. The average Bonchev–Trinajstić information content (AvgIpc) is 2.11. The van der Waals surface area contributed by atoms with E-state index in [4.69, 9.17) is 4.74 Å². The van der Waals surface area contributed by atoms with E-state index >= 15 is 0 Å². The Balaban J connectivity index is 4.14. The molecule has 0 aliphatic rings. The van der Waals surface area contributed by atoms with Gasteiger partial charge in [0.1, 0.15) is 6.04 Å². The highest BCUT2D eigenvalue weighted by molar-refractivity contribution is 5.75. The topological polar surface area (TPSA) is 29.5 Å². The molecule has 0 radical (unpaired) electrons. The molecule has 0 aromatic carbocycles. The van der Waals surface area contributed by atoms with Crippen molar-refractivity contribution < 1.29 is 9.53 Å². The predicted octanol–water partition coefficient (Wildman–Crippen LogP) is 1.53. The number of nitrogens with zero attached hydrogens (tertiary/aromatic N) is 1. The van der Waals surface area contributed by atoms with Crippen molar-refractivity contribution in [1.29, 1.82) is 0 Å². The molecule has 0 aliphatic heterocycles. The molecule has 0 rings (SSSR count). The van der Waals surface area contributed by atoms with Gasteiger partial charge in [-0.25, -0.2) is 0 Å². The van der Waals surface area contributed by atoms with Crippen LogP contribution in [0, 0.1) is 5.92 Å². The van der Waals surface area contributed by atoms with Crippen molar-refractivity contribution in [3.8, 4) is 0 Å². The van der Waals surface area contributed by atoms with Gasteiger partial charge in [0.2, 0.25) is 0 Å². The van der Waals surface area contributed by atoms with Crippen LogP contribution < -0.4 is 0 Å². The smallest absolute Gasteiger partial charge is 0.322 e. The first-order valence-electron chi connectivity index (χ1n) is 4.84. The molecule has 78 valence electrons. The summed E-state index contributed by atoms with van der Waals surface area (Å²) in [7, 11) is 1.43. The molecule has 3 heteroatoms. The lowest BCUT2D eigenvalue weighted by molar-refractivity contribution is -0.146. The number of rotatable bonds is 5. The third kappa shape index (κ3) is 4.27. The molecule has 3 nitrogen and oxygen atoms in total. The fourth-order valence-electron chi connectivity index (χ4n) is 1.35. The standard InChI is InChI=1S/C10H21NO2/c1-6-11(7-8(2)3)9(4)10(12)13-5/h8-9H,6-7H2,1-5H3. The van der Waals surface area contributed by atoms with Crippen LogP contribution in [-0.4, -0.2) is 37.1 Å². The summed E-state index contributed by atoms with van der Waals surface area (Å²) in [6.07, 6.45) is 0. The molecule has 0 aromatic heterocycles. The van der Waals surface area contributed by atoms with Crippen molar-refractivity contribution in [2.75, 3.05) is 20.2 Å². The maximum Gasteiger partial charge on any atom is 0.322 e. The number of methoxy groups -OCH3 is 1. The lowest BCUT2D eigenvalue weighted by Gasteiger charge is -2.27. The Hall–Kier alpha value is -0.570. The summed E-state index contributed by atoms with van der Waals surface area (Å²) in [5, 5.41) is 0. The molecule has 0 aliphatic carbocycles. The van der Waals surface area contributed by atoms with Gasteiger partial charge in [0.25, 0.3) is 0 Å². The Labute approximate surface area is 81.1 Å². The number of carbonyl (C=O) groups excluding carboxylic acids is 1. The van der Waals surface area contributed by atoms with Crippen LogP contribution in [0.15, 0.2) is 0 Å². The van der Waals surface area contributed by atoms with Crippen molar-refractivity contribution in [3.63, 3.8) is 0 Å². The molecule has 1 unspecified atom stereocenters. The second-order valence-corrected chi connectivity index (χ2v) is 3.68. The Morgan fingerprint density at radius 3 is 2.23 bits per heavy atom. The van der Waals surface area contributed by atoms with E-state index in [1.54, 1.807) is 0 Å². The van der Waals surface area contributed by atoms with Crippen molar-refractivity contribution in [2.45, 2.75) is 33.7 Å². The van der Waals surface area contributed by atoms with Crippen LogP contribution in [0.3, 0.4) is 0 Å². The highest BCUT2D eigenvalue weighted by Crippen LogP contribution is 2.05. The van der Waals surface area contributed by atoms with Gasteiger partial charge in [0.15, 0.2) is 0 Å². The minimum atomic E-state index is -0.150. The molecule has 0 spiro atoms. The van der Waals surface area contributed by atoms with Crippen LogP contribution in [0.4, 0.5) is 0 Å². The zero-order valence-corrected chi connectivity index (χ0v) is 9.33. The summed E-state index contributed by atoms with van der Waals surface area (Å²) in [5.74, 6) is 0.426. The third-order valence-corrected chi connectivity index (χ3v) is 2.10. The largest absolute Gasteiger partial charge is 0.468 e. The van der Waals surface area contributed by atoms with Crippen molar-refractivity contribution in [2.24, 2.45) is 5.92 Å². The number of carbonyl (C=O) groups is 1. The molecule has 0 bridgehead atoms. The summed E-state index contributed by atoms with van der Waals surface area (Å²) < 4.78 is 4.70. The summed E-state index contributed by atoms with van der Waals surface area (Å²) in [4.78, 5) is 13.4. The van der Waals surface area contributed by atoms with E-state index in [9.17, 15) is 4.79 Å². The third-order valence-electron chi connectivity index (χ3n) is 2.10. The van der Waals surface area contributed by atoms with E-state index in [2.05, 4.69) is 25.7 Å². The molecule has 0 heterocycles. The number of esters is 1. The Bertz CT molecular complexity index is 157. The summed E-state index contributed by atoms with van der Waals surface area (Å²) in [6.45, 7) is 10.1. The minimum absolute atomic E-state index is 0.127. The molecule has 0 amide bonds. The van der Waals surface area contributed by atoms with Crippen LogP contribution in [0.1, 0.15) is 27.7 Å². The van der Waals surface area contributed by atoms with E-state index in [0.717, 1.165) is 13.1 Å². The fourth-order valence-corrected chi connectivity index (χ4v) is 1.35. The molecular weight excluding hydrogens is 166 g/mol. The van der Waals surface area contributed by atoms with E-state index in [-0.39, 0.29) is 12.0 Å². The number of ether oxygens (including phenoxy) is 1. The van der Waals surface area contributed by atoms with Gasteiger partial charge < -0.3 is 4.74 Å². The number of hydrogen-bond acceptors (Lipinski definition) is 3. The van der Waals surface area contributed by atoms with Gasteiger partial charge in [0.05, 0.1) is 7.11 Å². The molecular formula is C10H21NO2. The van der Waals surface area contributed by atoms with Gasteiger partial charge in [-0.2, -0.15) is 0 Å². The van der Waals surface area contributed by atoms with Gasteiger partial charge in [-0.1, -0.05) is 20.8 Å². The van der Waals surface area contributed by atoms with Gasteiger partial charge in [-0.05, 0) is 19.4 Å². The number of hydrogen-bond donors (Lipinski definition) is 0. The maximum atomic E-state index is 11.2. The highest BCUT2D eigenvalue weighted by Gasteiger charge is 2.20. The molecule has 0 N–H and O–H groups in total. The fraction of sp³-hybridized carbons (Fsp3) is 0.900. The van der Waals surface area contributed by atoms with Crippen LogP contribution in [0.5, 0.6) is 0 Å². The summed E-state index contributed by atoms with van der Waals surface area (Å²) in [6, 6.07) is -0.127. The summed E-state index contributed by atoms with van der Waals surface area (Å²) >= 11 is 0. The van der Waals surface area contributed by atoms with E-state index < -0.39 is 0 Å². The van der Waals surface area contributed by atoms with Crippen molar-refractivity contribution in [3.05, 3.63) is 0 Å². The molecule has 0 saturated carbocycles. The van der Waals surface area contributed by atoms with Crippen molar-refractivity contribution >= 4 is 5.97 Å². The van der Waals surface area contributed by atoms with E-state index in [0.29, 0.717) is 5.92 Å². The minimum Gasteiger partial charge on any atom is -0.468 e. The first kappa shape index (κ1) is 12.4. The van der Waals surface area contributed by atoms with Crippen LogP contribution >= 0.6 is 0 Å². The monoisotopic (exact) mass is 187 g/mol. The zero-order valence-electron chi connectivity index (χ0n) is 9.33. The lowest BCUT2D eigenvalue weighted by atomic mass is 10.1. The number of likely N-dealkylation sites (N-methyl/N-ethyl adjacent to an activating group) is 1. The van der Waals surface area contributed by atoms with Crippen LogP contribution in [0.25, 0.3) is 0 Å². The van der Waals surface area contributed by atoms with Crippen LogP contribution in [-0.2, 0) is 9.53 Å². The predicted molar refractivity (Wildman–Crippen MR) is 53.6 cm³/mol. The van der Waals surface area contributed by atoms with Gasteiger partial charge in [-0.15, -0.1) is 0 Å². The summed E-state index contributed by atoms with van der Waals surface area (Å²) in [5.41, 5.74) is 0. The molecule has 0 saturated heterocycles. The quantitative estimate of drug-likeness (QED) is 0.611. The second kappa shape index (κ2) is 5.97. The zero-order chi connectivity index (χ0) is 10.4. The first-order chi connectivity index (χ1) is 6.02. The van der Waals surface area contributed by atoms with Crippen LogP contribution in [0.2, 0.25) is 0 Å². The molecule has 0 fully saturated rings. The first-order valence-corrected chi connectivity index (χ1v) is 4.84. The van der Waals surface area contributed by atoms with Gasteiger partial charge in [-0.3, -0.25) is 9.69 Å². The Kier molecular flexibility index (Phi) is 5.71. The van der Waals surface area contributed by atoms with E-state index in [1.807, 2.05) is 6.92 Å². The maximum absolute atomic E-state index is 11.2. The molecule has 13 heavy (non-hydrogen) atoms. The van der Waals surface area contributed by atoms with E-state index in [1.165, 1.54) is 7.11 Å². The van der Waals surface area contributed by atoms with Gasteiger partial charge >= 0.3 is 5.97 Å². The Morgan fingerprint density at radius 2 is 1.92 bits per heavy atom. The Morgan fingerprint density at radius 1 is 1.38 bits per heavy atom. The van der Waals surface area contributed by atoms with Crippen molar-refractivity contribution in [1.82, 2.24) is 4.90 Å². The second-order valence-electron chi connectivity index (χ2n) is 3.68. The highest BCUT2D eigenvalue weighted by atomic mass is 16.5. The lowest BCUT2D eigenvalue weighted by Crippen LogP contribution is -2.41. The normalized spacial score (nSPS) is 13.5. The molecule has 1 atom stereocenters. The average molecular weight is 187 g/mol.